The van der Waals surface area contributed by atoms with Gasteiger partial charge in [0.25, 0.3) is 0 Å². The van der Waals surface area contributed by atoms with Crippen molar-refractivity contribution in [2.24, 2.45) is 0 Å². The van der Waals surface area contributed by atoms with Crippen LogP contribution in [0.25, 0.3) is 5.69 Å². The maximum atomic E-state index is 13.1. The van der Waals surface area contributed by atoms with Gasteiger partial charge < -0.3 is 5.32 Å². The highest BCUT2D eigenvalue weighted by Crippen LogP contribution is 2.11. The Morgan fingerprint density at radius 3 is 2.71 bits per heavy atom. The van der Waals surface area contributed by atoms with Crippen molar-refractivity contribution >= 4 is 5.95 Å². The van der Waals surface area contributed by atoms with Crippen LogP contribution in [0.2, 0.25) is 0 Å². The molecule has 0 radical (unpaired) electrons. The molecule has 0 aliphatic carbocycles. The fraction of sp³-hybridized carbons (Fsp3) is 0.133. The second-order valence-corrected chi connectivity index (χ2v) is 4.56. The molecule has 3 rings (SSSR count). The molecule has 21 heavy (non-hydrogen) atoms. The van der Waals surface area contributed by atoms with Gasteiger partial charge in [0, 0.05) is 6.54 Å². The van der Waals surface area contributed by atoms with E-state index in [2.05, 4.69) is 20.8 Å². The molecule has 0 aliphatic heterocycles. The summed E-state index contributed by atoms with van der Waals surface area (Å²) in [6.07, 6.45) is 0.694. The van der Waals surface area contributed by atoms with Gasteiger partial charge in [-0.3, -0.25) is 0 Å². The summed E-state index contributed by atoms with van der Waals surface area (Å²) in [7, 11) is 0. The Hall–Kier alpha value is -2.76. The van der Waals surface area contributed by atoms with Crippen LogP contribution < -0.4 is 5.32 Å². The molecule has 0 atom stereocenters. The van der Waals surface area contributed by atoms with E-state index in [0.717, 1.165) is 11.3 Å². The zero-order valence-electron chi connectivity index (χ0n) is 11.3. The Balaban J connectivity index is 1.66. The summed E-state index contributed by atoms with van der Waals surface area (Å²) in [6, 6.07) is 16.2. The SMILES string of the molecule is Fc1cccc(CCNc2nnnn2-c2ccccc2)c1. The minimum absolute atomic E-state index is 0.221. The molecule has 5 nitrogen and oxygen atoms in total. The average molecular weight is 283 g/mol. The Bertz CT molecular complexity index is 711. The monoisotopic (exact) mass is 283 g/mol. The van der Waals surface area contributed by atoms with E-state index < -0.39 is 0 Å². The molecule has 0 spiro atoms. The highest BCUT2D eigenvalue weighted by molar-refractivity contribution is 5.38. The Labute approximate surface area is 121 Å². The first-order valence-corrected chi connectivity index (χ1v) is 6.65. The number of halogens is 1. The maximum Gasteiger partial charge on any atom is 0.247 e. The number of hydrogen-bond acceptors (Lipinski definition) is 4. The standard InChI is InChI=1S/C15H14FN5/c16-13-6-4-5-12(11-13)9-10-17-15-18-19-20-21(15)14-7-2-1-3-8-14/h1-8,11H,9-10H2,(H,17,18,20). The van der Waals surface area contributed by atoms with Crippen LogP contribution in [0.5, 0.6) is 0 Å². The average Bonchev–Trinajstić information content (AvgIpc) is 2.97. The number of anilines is 1. The molecule has 0 bridgehead atoms. The van der Waals surface area contributed by atoms with Crippen molar-refractivity contribution in [3.63, 3.8) is 0 Å². The largest absolute Gasteiger partial charge is 0.352 e. The third kappa shape index (κ3) is 3.22. The molecule has 6 heteroatoms. The van der Waals surface area contributed by atoms with Crippen molar-refractivity contribution in [3.05, 3.63) is 66.0 Å². The molecule has 0 fully saturated rings. The lowest BCUT2D eigenvalue weighted by Crippen LogP contribution is -2.10. The number of benzene rings is 2. The van der Waals surface area contributed by atoms with Gasteiger partial charge in [0.15, 0.2) is 0 Å². The smallest absolute Gasteiger partial charge is 0.247 e. The topological polar surface area (TPSA) is 55.6 Å². The number of tetrazole rings is 1. The van der Waals surface area contributed by atoms with E-state index in [1.165, 1.54) is 12.1 Å². The number of para-hydroxylation sites is 1. The molecule has 0 aliphatic rings. The molecular weight excluding hydrogens is 269 g/mol. The Morgan fingerprint density at radius 1 is 1.05 bits per heavy atom. The van der Waals surface area contributed by atoms with E-state index >= 15 is 0 Å². The number of aromatic nitrogens is 4. The third-order valence-electron chi connectivity index (χ3n) is 3.06. The summed E-state index contributed by atoms with van der Waals surface area (Å²) in [5, 5.41) is 14.8. The van der Waals surface area contributed by atoms with E-state index in [9.17, 15) is 4.39 Å². The minimum atomic E-state index is -0.221. The molecule has 0 saturated heterocycles. The summed E-state index contributed by atoms with van der Waals surface area (Å²) < 4.78 is 14.7. The third-order valence-corrected chi connectivity index (χ3v) is 3.06. The van der Waals surface area contributed by atoms with Gasteiger partial charge in [-0.15, -0.1) is 0 Å². The Kier molecular flexibility index (Phi) is 3.86. The molecule has 2 aromatic carbocycles. The summed E-state index contributed by atoms with van der Waals surface area (Å²) in [6.45, 7) is 0.622. The lowest BCUT2D eigenvalue weighted by Gasteiger charge is -2.07. The molecule has 1 N–H and O–H groups in total. The maximum absolute atomic E-state index is 13.1. The van der Waals surface area contributed by atoms with E-state index in [1.807, 2.05) is 36.4 Å². The van der Waals surface area contributed by atoms with Crippen molar-refractivity contribution in [3.8, 4) is 5.69 Å². The van der Waals surface area contributed by atoms with Gasteiger partial charge >= 0.3 is 0 Å². The van der Waals surface area contributed by atoms with Crippen LogP contribution in [0.1, 0.15) is 5.56 Å². The first-order valence-electron chi connectivity index (χ1n) is 6.65. The fourth-order valence-electron chi connectivity index (χ4n) is 2.05. The molecule has 0 unspecified atom stereocenters. The van der Waals surface area contributed by atoms with Crippen molar-refractivity contribution in [2.45, 2.75) is 6.42 Å². The van der Waals surface area contributed by atoms with Crippen molar-refractivity contribution in [2.75, 3.05) is 11.9 Å². The second kappa shape index (κ2) is 6.13. The van der Waals surface area contributed by atoms with Gasteiger partial charge in [-0.2, -0.15) is 4.68 Å². The Morgan fingerprint density at radius 2 is 1.90 bits per heavy atom. The molecule has 1 aromatic heterocycles. The lowest BCUT2D eigenvalue weighted by atomic mass is 10.1. The summed E-state index contributed by atoms with van der Waals surface area (Å²) >= 11 is 0. The van der Waals surface area contributed by atoms with Crippen LogP contribution in [-0.2, 0) is 6.42 Å². The van der Waals surface area contributed by atoms with Crippen LogP contribution in [-0.4, -0.2) is 26.8 Å². The molecule has 3 aromatic rings. The quantitative estimate of drug-likeness (QED) is 0.781. The molecule has 0 saturated carbocycles. The normalized spacial score (nSPS) is 10.5. The molecule has 106 valence electrons. The van der Waals surface area contributed by atoms with Crippen LogP contribution in [0.3, 0.4) is 0 Å². The highest BCUT2D eigenvalue weighted by atomic mass is 19.1. The van der Waals surface area contributed by atoms with E-state index in [-0.39, 0.29) is 5.82 Å². The first-order chi connectivity index (χ1) is 10.3. The summed E-state index contributed by atoms with van der Waals surface area (Å²) in [4.78, 5) is 0. The van der Waals surface area contributed by atoms with Gasteiger partial charge in [-0.25, -0.2) is 4.39 Å². The van der Waals surface area contributed by atoms with Gasteiger partial charge in [0.05, 0.1) is 5.69 Å². The van der Waals surface area contributed by atoms with Crippen molar-refractivity contribution in [1.29, 1.82) is 0 Å². The summed E-state index contributed by atoms with van der Waals surface area (Å²) in [5.41, 5.74) is 1.82. The second-order valence-electron chi connectivity index (χ2n) is 4.56. The zero-order chi connectivity index (χ0) is 14.5. The van der Waals surface area contributed by atoms with E-state index in [0.29, 0.717) is 18.9 Å². The van der Waals surface area contributed by atoms with Crippen LogP contribution in [0.4, 0.5) is 10.3 Å². The lowest BCUT2D eigenvalue weighted by molar-refractivity contribution is 0.625. The van der Waals surface area contributed by atoms with Crippen LogP contribution >= 0.6 is 0 Å². The van der Waals surface area contributed by atoms with E-state index in [4.69, 9.17) is 0 Å². The highest BCUT2D eigenvalue weighted by Gasteiger charge is 2.06. The fourth-order valence-corrected chi connectivity index (χ4v) is 2.05. The van der Waals surface area contributed by atoms with Gasteiger partial charge in [0.1, 0.15) is 5.82 Å². The molecular formula is C15H14FN5. The van der Waals surface area contributed by atoms with Gasteiger partial charge in [-0.05, 0) is 46.7 Å². The first kappa shape index (κ1) is 13.2. The zero-order valence-corrected chi connectivity index (χ0v) is 11.3. The molecule has 1 heterocycles. The predicted molar refractivity (Wildman–Crippen MR) is 77.7 cm³/mol. The number of nitrogens with one attached hydrogen (secondary N) is 1. The van der Waals surface area contributed by atoms with E-state index in [1.54, 1.807) is 10.7 Å². The number of hydrogen-bond donors (Lipinski definition) is 1. The van der Waals surface area contributed by atoms with Gasteiger partial charge in [-0.1, -0.05) is 35.4 Å². The van der Waals surface area contributed by atoms with Crippen LogP contribution in [0, 0.1) is 5.82 Å². The van der Waals surface area contributed by atoms with Crippen molar-refractivity contribution < 1.29 is 4.39 Å². The minimum Gasteiger partial charge on any atom is -0.352 e. The molecule has 0 amide bonds. The predicted octanol–water partition coefficient (Wildman–Crippen LogP) is 2.46. The van der Waals surface area contributed by atoms with Crippen LogP contribution in [0.15, 0.2) is 54.6 Å². The van der Waals surface area contributed by atoms with Gasteiger partial charge in [0.2, 0.25) is 5.95 Å². The van der Waals surface area contributed by atoms with Crippen molar-refractivity contribution in [1.82, 2.24) is 20.2 Å². The summed E-state index contributed by atoms with van der Waals surface area (Å²) in [5.74, 6) is 0.347. The number of nitrogens with zero attached hydrogens (tertiary/aromatic N) is 4. The number of rotatable bonds is 5.